The molecule has 0 radical (unpaired) electrons. The lowest BCUT2D eigenvalue weighted by molar-refractivity contribution is -0.266. The Morgan fingerprint density at radius 1 is 1.07 bits per heavy atom. The molecule has 0 unspecified atom stereocenters. The Morgan fingerprint density at radius 3 is 3.00 bits per heavy atom. The number of benzene rings is 2. The van der Waals surface area contributed by atoms with Gasteiger partial charge in [0.25, 0.3) is 0 Å². The zero-order valence-corrected chi connectivity index (χ0v) is 7.99. The molecule has 0 atom stereocenters. The lowest BCUT2D eigenvalue weighted by Crippen LogP contribution is -2.29. The van der Waals surface area contributed by atoms with Crippen LogP contribution in [0.2, 0.25) is 0 Å². The second kappa shape index (κ2) is 3.51. The highest BCUT2D eigenvalue weighted by atomic mass is 17.3. The minimum atomic E-state index is 0.663. The molecule has 4 heteroatoms. The first kappa shape index (κ1) is 8.67. The molecular formula is C11H10N2O2. The summed E-state index contributed by atoms with van der Waals surface area (Å²) in [5.74, 6) is 0.742. The van der Waals surface area contributed by atoms with Crippen LogP contribution in [0.3, 0.4) is 0 Å². The normalized spacial score (nSPS) is 15.5. The van der Waals surface area contributed by atoms with Gasteiger partial charge in [-0.25, -0.2) is 5.43 Å². The highest BCUT2D eigenvalue weighted by Crippen LogP contribution is 2.28. The highest BCUT2D eigenvalue weighted by molar-refractivity contribution is 5.87. The van der Waals surface area contributed by atoms with Gasteiger partial charge in [-0.15, -0.1) is 0 Å². The van der Waals surface area contributed by atoms with Crippen LogP contribution in [0, 0.1) is 0 Å². The molecule has 1 aliphatic heterocycles. The Balaban J connectivity index is 2.27. The number of fused-ring (bicyclic) bond motifs is 3. The van der Waals surface area contributed by atoms with E-state index >= 15 is 0 Å². The van der Waals surface area contributed by atoms with Crippen molar-refractivity contribution in [1.82, 2.24) is 11.0 Å². The molecule has 0 aliphatic carbocycles. The third kappa shape index (κ3) is 1.45. The SMILES string of the molecule is c1ccc2c3c(ccc2c1)OONNC3. The van der Waals surface area contributed by atoms with E-state index in [9.17, 15) is 0 Å². The van der Waals surface area contributed by atoms with E-state index in [-0.39, 0.29) is 0 Å². The van der Waals surface area contributed by atoms with Crippen molar-refractivity contribution in [2.45, 2.75) is 6.54 Å². The number of hydrogen-bond acceptors (Lipinski definition) is 4. The van der Waals surface area contributed by atoms with Gasteiger partial charge in [-0.05, 0) is 16.8 Å². The molecule has 0 spiro atoms. The van der Waals surface area contributed by atoms with Crippen LogP contribution in [0.4, 0.5) is 0 Å². The van der Waals surface area contributed by atoms with Crippen molar-refractivity contribution in [2.75, 3.05) is 0 Å². The molecule has 0 amide bonds. The zero-order chi connectivity index (χ0) is 10.1. The van der Waals surface area contributed by atoms with Crippen LogP contribution in [0.5, 0.6) is 5.75 Å². The van der Waals surface area contributed by atoms with E-state index in [2.05, 4.69) is 23.1 Å². The lowest BCUT2D eigenvalue weighted by atomic mass is 10.0. The maximum atomic E-state index is 5.08. The van der Waals surface area contributed by atoms with E-state index < -0.39 is 0 Å². The van der Waals surface area contributed by atoms with E-state index in [0.717, 1.165) is 11.3 Å². The summed E-state index contributed by atoms with van der Waals surface area (Å²) < 4.78 is 0. The molecule has 0 bridgehead atoms. The Kier molecular flexibility index (Phi) is 2.03. The van der Waals surface area contributed by atoms with Crippen molar-refractivity contribution in [3.63, 3.8) is 0 Å². The molecule has 0 saturated carbocycles. The van der Waals surface area contributed by atoms with E-state index in [1.165, 1.54) is 10.8 Å². The summed E-state index contributed by atoms with van der Waals surface area (Å²) in [6.07, 6.45) is 0. The maximum Gasteiger partial charge on any atom is 0.172 e. The molecule has 4 nitrogen and oxygen atoms in total. The summed E-state index contributed by atoms with van der Waals surface area (Å²) in [6.45, 7) is 0.663. The van der Waals surface area contributed by atoms with E-state index in [1.807, 2.05) is 24.3 Å². The van der Waals surface area contributed by atoms with E-state index in [0.29, 0.717) is 6.54 Å². The summed E-state index contributed by atoms with van der Waals surface area (Å²) in [6, 6.07) is 12.1. The summed E-state index contributed by atoms with van der Waals surface area (Å²) >= 11 is 0. The Labute approximate surface area is 86.7 Å². The number of rotatable bonds is 0. The molecule has 0 aromatic heterocycles. The molecule has 2 aromatic carbocycles. The molecule has 2 aromatic rings. The standard InChI is InChI=1S/C11H10N2O2/c1-2-4-9-8(3-1)5-6-11-10(9)7-12-13-15-14-11/h1-6,12-13H,7H2. The van der Waals surface area contributed by atoms with Crippen molar-refractivity contribution >= 4 is 10.8 Å². The van der Waals surface area contributed by atoms with Gasteiger partial charge in [0, 0.05) is 12.1 Å². The predicted molar refractivity (Wildman–Crippen MR) is 55.6 cm³/mol. The second-order valence-electron chi connectivity index (χ2n) is 3.39. The Hall–Kier alpha value is -1.62. The quantitative estimate of drug-likeness (QED) is 0.638. The molecule has 0 fully saturated rings. The van der Waals surface area contributed by atoms with Crippen LogP contribution in [0.25, 0.3) is 10.8 Å². The van der Waals surface area contributed by atoms with Crippen molar-refractivity contribution in [1.29, 1.82) is 0 Å². The molecule has 3 rings (SSSR count). The van der Waals surface area contributed by atoms with Gasteiger partial charge in [-0.3, -0.25) is 0 Å². The average molecular weight is 202 g/mol. The van der Waals surface area contributed by atoms with Crippen LogP contribution in [-0.4, -0.2) is 0 Å². The topological polar surface area (TPSA) is 42.5 Å². The van der Waals surface area contributed by atoms with Gasteiger partial charge in [0.2, 0.25) is 0 Å². The predicted octanol–water partition coefficient (Wildman–Crippen LogP) is 1.67. The van der Waals surface area contributed by atoms with Crippen LogP contribution in [0.15, 0.2) is 36.4 Å². The minimum absolute atomic E-state index is 0.663. The molecule has 76 valence electrons. The Morgan fingerprint density at radius 2 is 2.00 bits per heavy atom. The van der Waals surface area contributed by atoms with Crippen LogP contribution < -0.4 is 15.9 Å². The number of nitrogens with one attached hydrogen (secondary N) is 2. The van der Waals surface area contributed by atoms with Crippen LogP contribution in [-0.2, 0) is 11.5 Å². The number of hydrogen-bond donors (Lipinski definition) is 2. The Bertz CT molecular complexity index is 499. The van der Waals surface area contributed by atoms with Crippen molar-refractivity contribution in [3.05, 3.63) is 42.0 Å². The first-order valence-electron chi connectivity index (χ1n) is 4.77. The second-order valence-corrected chi connectivity index (χ2v) is 3.39. The lowest BCUT2D eigenvalue weighted by Gasteiger charge is -2.06. The third-order valence-corrected chi connectivity index (χ3v) is 2.51. The third-order valence-electron chi connectivity index (χ3n) is 2.51. The fraction of sp³-hybridized carbons (Fsp3) is 0.0909. The number of hydrazine groups is 1. The first-order valence-corrected chi connectivity index (χ1v) is 4.77. The smallest absolute Gasteiger partial charge is 0.172 e. The van der Waals surface area contributed by atoms with Crippen LogP contribution >= 0.6 is 0 Å². The highest BCUT2D eigenvalue weighted by Gasteiger charge is 2.12. The molecule has 2 N–H and O–H groups in total. The van der Waals surface area contributed by atoms with Gasteiger partial charge >= 0.3 is 0 Å². The molecule has 1 heterocycles. The average Bonchev–Trinajstić information content (AvgIpc) is 2.54. The summed E-state index contributed by atoms with van der Waals surface area (Å²) in [7, 11) is 0. The van der Waals surface area contributed by atoms with E-state index in [1.54, 1.807) is 0 Å². The molecule has 0 saturated heterocycles. The first-order chi connectivity index (χ1) is 7.45. The monoisotopic (exact) mass is 202 g/mol. The minimum Gasteiger partial charge on any atom is -0.318 e. The van der Waals surface area contributed by atoms with Gasteiger partial charge in [0.05, 0.1) is 0 Å². The fourth-order valence-corrected chi connectivity index (χ4v) is 1.80. The van der Waals surface area contributed by atoms with Gasteiger partial charge in [0.1, 0.15) is 0 Å². The van der Waals surface area contributed by atoms with Gasteiger partial charge < -0.3 is 4.89 Å². The van der Waals surface area contributed by atoms with E-state index in [4.69, 9.17) is 9.88 Å². The van der Waals surface area contributed by atoms with Gasteiger partial charge in [-0.2, -0.15) is 0 Å². The van der Waals surface area contributed by atoms with Crippen molar-refractivity contribution in [3.8, 4) is 5.75 Å². The van der Waals surface area contributed by atoms with Gasteiger partial charge in [-0.1, -0.05) is 40.9 Å². The van der Waals surface area contributed by atoms with Gasteiger partial charge in [0.15, 0.2) is 5.75 Å². The maximum absolute atomic E-state index is 5.08. The summed E-state index contributed by atoms with van der Waals surface area (Å²) in [5.41, 5.74) is 6.48. The largest absolute Gasteiger partial charge is 0.318 e. The van der Waals surface area contributed by atoms with Crippen LogP contribution in [0.1, 0.15) is 5.56 Å². The summed E-state index contributed by atoms with van der Waals surface area (Å²) in [5, 5.41) is 2.37. The molecule has 1 aliphatic rings. The zero-order valence-electron chi connectivity index (χ0n) is 7.99. The van der Waals surface area contributed by atoms with Crippen molar-refractivity contribution < 1.29 is 9.88 Å². The van der Waals surface area contributed by atoms with Crippen molar-refractivity contribution in [2.24, 2.45) is 0 Å². The molecule has 15 heavy (non-hydrogen) atoms. The fourth-order valence-electron chi connectivity index (χ4n) is 1.80. The molecular weight excluding hydrogens is 192 g/mol. The summed E-state index contributed by atoms with van der Waals surface area (Å²) in [4.78, 5) is 9.79.